The van der Waals surface area contributed by atoms with Crippen LogP contribution in [0.2, 0.25) is 0 Å². The van der Waals surface area contributed by atoms with Crippen LogP contribution >= 0.6 is 11.6 Å². The van der Waals surface area contributed by atoms with Crippen LogP contribution in [0.25, 0.3) is 0 Å². The minimum atomic E-state index is 0.340. The van der Waals surface area contributed by atoms with Gasteiger partial charge in [0.05, 0.1) is 0 Å². The molecule has 8 heavy (non-hydrogen) atoms. The SMILES string of the molecule is [B]SC(C=C)CC=C. The van der Waals surface area contributed by atoms with Gasteiger partial charge in [-0.15, -0.1) is 13.2 Å². The molecule has 0 N–H and O–H groups in total. The Bertz CT molecular complexity index is 80.6. The Morgan fingerprint density at radius 2 is 2.25 bits per heavy atom. The lowest BCUT2D eigenvalue weighted by Gasteiger charge is -2.03. The Balaban J connectivity index is 3.35. The standard InChI is InChI=1S/C6H9BS/c1-3-5-6(4-2)8-7/h3-4,6H,1-2,5H2. The summed E-state index contributed by atoms with van der Waals surface area (Å²) in [6.45, 7) is 7.18. The Hall–Kier alpha value is -0.105. The van der Waals surface area contributed by atoms with Gasteiger partial charge in [-0.25, -0.2) is 11.6 Å². The number of rotatable bonds is 4. The number of hydrogen-bond donors (Lipinski definition) is 0. The molecule has 2 heteroatoms. The molecule has 0 nitrogen and oxygen atoms in total. The third-order valence-corrected chi connectivity index (χ3v) is 1.57. The topological polar surface area (TPSA) is 0 Å². The van der Waals surface area contributed by atoms with Crippen LogP contribution in [0.15, 0.2) is 25.3 Å². The lowest BCUT2D eigenvalue weighted by Crippen LogP contribution is -1.92. The van der Waals surface area contributed by atoms with E-state index in [9.17, 15) is 0 Å². The molecule has 0 aliphatic carbocycles. The molecule has 0 aromatic carbocycles. The van der Waals surface area contributed by atoms with E-state index in [1.165, 1.54) is 11.6 Å². The van der Waals surface area contributed by atoms with Crippen molar-refractivity contribution < 1.29 is 0 Å². The van der Waals surface area contributed by atoms with Crippen molar-refractivity contribution in [2.45, 2.75) is 11.7 Å². The van der Waals surface area contributed by atoms with Crippen molar-refractivity contribution in [1.82, 2.24) is 0 Å². The van der Waals surface area contributed by atoms with Crippen molar-refractivity contribution in [2.75, 3.05) is 0 Å². The molecule has 42 valence electrons. The molecule has 0 aliphatic heterocycles. The molecule has 1 atom stereocenters. The van der Waals surface area contributed by atoms with Gasteiger partial charge in [0.1, 0.15) is 0 Å². The highest BCUT2D eigenvalue weighted by Gasteiger charge is 1.93. The fourth-order valence-electron chi connectivity index (χ4n) is 0.372. The predicted octanol–water partition coefficient (Wildman–Crippen LogP) is 1.93. The fourth-order valence-corrected chi connectivity index (χ4v) is 0.730. The maximum Gasteiger partial charge on any atom is 0.162 e. The zero-order chi connectivity index (χ0) is 6.41. The van der Waals surface area contributed by atoms with E-state index in [1.54, 1.807) is 0 Å². The molecule has 0 heterocycles. The summed E-state index contributed by atoms with van der Waals surface area (Å²) in [6, 6.07) is 0. The van der Waals surface area contributed by atoms with Crippen LogP contribution in [-0.2, 0) is 0 Å². The summed E-state index contributed by atoms with van der Waals surface area (Å²) in [7, 11) is 5.27. The zero-order valence-electron chi connectivity index (χ0n) is 4.84. The minimum Gasteiger partial charge on any atom is -0.220 e. The molecule has 0 amide bonds. The Labute approximate surface area is 56.4 Å². The molecular formula is C6H9BS. The van der Waals surface area contributed by atoms with Gasteiger partial charge in [0.15, 0.2) is 7.12 Å². The third kappa shape index (κ3) is 2.97. The summed E-state index contributed by atoms with van der Waals surface area (Å²) in [5, 5.41) is 0.340. The first-order valence-electron chi connectivity index (χ1n) is 2.44. The van der Waals surface area contributed by atoms with Gasteiger partial charge in [-0.3, -0.25) is 0 Å². The zero-order valence-corrected chi connectivity index (χ0v) is 5.66. The first-order valence-corrected chi connectivity index (χ1v) is 3.38. The molecule has 0 aliphatic rings. The number of allylic oxidation sites excluding steroid dienone is 1. The molecule has 0 aromatic rings. The summed E-state index contributed by atoms with van der Waals surface area (Å²) in [5.74, 6) is 0. The quantitative estimate of drug-likeness (QED) is 0.407. The van der Waals surface area contributed by atoms with E-state index >= 15 is 0 Å². The van der Waals surface area contributed by atoms with Gasteiger partial charge in [0, 0.05) is 5.25 Å². The molecule has 1 unspecified atom stereocenters. The second kappa shape index (κ2) is 5.04. The van der Waals surface area contributed by atoms with E-state index < -0.39 is 0 Å². The fraction of sp³-hybridized carbons (Fsp3) is 0.333. The third-order valence-electron chi connectivity index (χ3n) is 0.837. The summed E-state index contributed by atoms with van der Waals surface area (Å²) in [4.78, 5) is 0. The first kappa shape index (κ1) is 7.89. The largest absolute Gasteiger partial charge is 0.220 e. The second-order valence-corrected chi connectivity index (χ2v) is 2.31. The van der Waals surface area contributed by atoms with E-state index in [0.29, 0.717) is 5.25 Å². The molecule has 2 radical (unpaired) electrons. The van der Waals surface area contributed by atoms with Gasteiger partial charge in [0.25, 0.3) is 0 Å². The first-order chi connectivity index (χ1) is 3.85. The highest BCUT2D eigenvalue weighted by molar-refractivity contribution is 8.20. The average molecular weight is 124 g/mol. The number of hydrogen-bond acceptors (Lipinski definition) is 1. The lowest BCUT2D eigenvalue weighted by atomic mass is 10.3. The Morgan fingerprint density at radius 3 is 2.38 bits per heavy atom. The van der Waals surface area contributed by atoms with Crippen molar-refractivity contribution in [1.29, 1.82) is 0 Å². The normalized spacial score (nSPS) is 12.5. The highest BCUT2D eigenvalue weighted by Crippen LogP contribution is 2.10. The molecule has 0 saturated heterocycles. The molecule has 0 bridgehead atoms. The van der Waals surface area contributed by atoms with E-state index in [0.717, 1.165) is 6.42 Å². The van der Waals surface area contributed by atoms with Crippen molar-refractivity contribution in [3.05, 3.63) is 25.3 Å². The van der Waals surface area contributed by atoms with Gasteiger partial charge in [-0.2, -0.15) is 0 Å². The molecule has 0 aromatic heterocycles. The summed E-state index contributed by atoms with van der Waals surface area (Å²) in [5.41, 5.74) is 0. The summed E-state index contributed by atoms with van der Waals surface area (Å²) in [6.07, 6.45) is 4.57. The second-order valence-electron chi connectivity index (χ2n) is 1.43. The van der Waals surface area contributed by atoms with Gasteiger partial charge in [-0.05, 0) is 6.42 Å². The Morgan fingerprint density at radius 1 is 1.62 bits per heavy atom. The van der Waals surface area contributed by atoms with Crippen LogP contribution in [0.3, 0.4) is 0 Å². The highest BCUT2D eigenvalue weighted by atomic mass is 32.2. The van der Waals surface area contributed by atoms with Crippen LogP contribution < -0.4 is 0 Å². The molecule has 0 spiro atoms. The van der Waals surface area contributed by atoms with Gasteiger partial charge in [0.2, 0.25) is 0 Å². The molecule has 0 rings (SSSR count). The maximum absolute atomic E-state index is 5.27. The summed E-state index contributed by atoms with van der Waals surface area (Å²) < 4.78 is 0. The monoisotopic (exact) mass is 124 g/mol. The van der Waals surface area contributed by atoms with Crippen molar-refractivity contribution in [2.24, 2.45) is 0 Å². The van der Waals surface area contributed by atoms with Crippen LogP contribution in [-0.4, -0.2) is 12.4 Å². The Kier molecular flexibility index (Phi) is 4.97. The lowest BCUT2D eigenvalue weighted by molar-refractivity contribution is 1.09. The smallest absolute Gasteiger partial charge is 0.162 e. The van der Waals surface area contributed by atoms with Crippen LogP contribution in [0.4, 0.5) is 0 Å². The van der Waals surface area contributed by atoms with Gasteiger partial charge < -0.3 is 0 Å². The van der Waals surface area contributed by atoms with Crippen LogP contribution in [0, 0.1) is 0 Å². The van der Waals surface area contributed by atoms with E-state index in [1.807, 2.05) is 12.2 Å². The van der Waals surface area contributed by atoms with Crippen LogP contribution in [0.1, 0.15) is 6.42 Å². The molecular weight excluding hydrogens is 115 g/mol. The van der Waals surface area contributed by atoms with Crippen molar-refractivity contribution in [3.63, 3.8) is 0 Å². The van der Waals surface area contributed by atoms with Gasteiger partial charge >= 0.3 is 0 Å². The van der Waals surface area contributed by atoms with Crippen molar-refractivity contribution >= 4 is 18.7 Å². The maximum atomic E-state index is 5.27. The molecule has 0 saturated carbocycles. The van der Waals surface area contributed by atoms with Crippen LogP contribution in [0.5, 0.6) is 0 Å². The van der Waals surface area contributed by atoms with E-state index in [2.05, 4.69) is 13.2 Å². The summed E-state index contributed by atoms with van der Waals surface area (Å²) >= 11 is 1.31. The van der Waals surface area contributed by atoms with E-state index in [4.69, 9.17) is 7.12 Å². The minimum absolute atomic E-state index is 0.340. The van der Waals surface area contributed by atoms with E-state index in [-0.39, 0.29) is 0 Å². The average Bonchev–Trinajstić information content (AvgIpc) is 1.83. The van der Waals surface area contributed by atoms with Gasteiger partial charge in [-0.1, -0.05) is 12.2 Å². The van der Waals surface area contributed by atoms with Crippen molar-refractivity contribution in [3.8, 4) is 0 Å². The molecule has 0 fully saturated rings. The predicted molar refractivity (Wildman–Crippen MR) is 42.1 cm³/mol.